The minimum absolute atomic E-state index is 0.406. The third-order valence-corrected chi connectivity index (χ3v) is 3.90. The SMILES string of the molecule is CCN(CC)C1=NCC(c2cc3ccccc3o2)C1. The first-order valence-corrected chi connectivity index (χ1v) is 7.08. The molecule has 1 unspecified atom stereocenters. The monoisotopic (exact) mass is 256 g/mol. The van der Waals surface area contributed by atoms with E-state index in [4.69, 9.17) is 4.42 Å². The highest BCUT2D eigenvalue weighted by molar-refractivity contribution is 5.85. The van der Waals surface area contributed by atoms with Crippen LogP contribution in [0.3, 0.4) is 0 Å². The van der Waals surface area contributed by atoms with Gasteiger partial charge >= 0.3 is 0 Å². The summed E-state index contributed by atoms with van der Waals surface area (Å²) < 4.78 is 5.96. The molecule has 3 heteroatoms. The van der Waals surface area contributed by atoms with E-state index in [-0.39, 0.29) is 0 Å². The van der Waals surface area contributed by atoms with Crippen molar-refractivity contribution in [3.63, 3.8) is 0 Å². The summed E-state index contributed by atoms with van der Waals surface area (Å²) in [6, 6.07) is 10.4. The second-order valence-corrected chi connectivity index (χ2v) is 5.02. The molecule has 2 aromatic rings. The van der Waals surface area contributed by atoms with Gasteiger partial charge in [-0.25, -0.2) is 0 Å². The molecule has 0 radical (unpaired) electrons. The highest BCUT2D eigenvalue weighted by Crippen LogP contribution is 2.31. The van der Waals surface area contributed by atoms with Gasteiger partial charge in [-0.05, 0) is 26.0 Å². The highest BCUT2D eigenvalue weighted by Gasteiger charge is 2.25. The lowest BCUT2D eigenvalue weighted by Crippen LogP contribution is -2.29. The molecule has 1 atom stereocenters. The largest absolute Gasteiger partial charge is 0.461 e. The molecular weight excluding hydrogens is 236 g/mol. The molecule has 3 rings (SSSR count). The summed E-state index contributed by atoms with van der Waals surface area (Å²) in [6.07, 6.45) is 1.00. The number of fused-ring (bicyclic) bond motifs is 1. The maximum absolute atomic E-state index is 5.96. The summed E-state index contributed by atoms with van der Waals surface area (Å²) in [5.74, 6) is 2.71. The summed E-state index contributed by atoms with van der Waals surface area (Å²) in [5, 5.41) is 1.19. The number of rotatable bonds is 3. The molecule has 1 aliphatic rings. The zero-order chi connectivity index (χ0) is 13.2. The number of amidine groups is 1. The van der Waals surface area contributed by atoms with Crippen LogP contribution in [-0.2, 0) is 0 Å². The Labute approximate surface area is 113 Å². The van der Waals surface area contributed by atoms with Gasteiger partial charge in [0.25, 0.3) is 0 Å². The third kappa shape index (κ3) is 2.25. The number of hydrogen-bond acceptors (Lipinski definition) is 3. The van der Waals surface area contributed by atoms with Crippen LogP contribution in [0, 0.1) is 0 Å². The lowest BCUT2D eigenvalue weighted by Gasteiger charge is -2.20. The van der Waals surface area contributed by atoms with Crippen molar-refractivity contribution in [3.8, 4) is 0 Å². The fourth-order valence-electron chi connectivity index (χ4n) is 2.78. The molecule has 1 aromatic carbocycles. The van der Waals surface area contributed by atoms with Crippen molar-refractivity contribution in [3.05, 3.63) is 36.1 Å². The Morgan fingerprint density at radius 2 is 2.05 bits per heavy atom. The molecule has 1 aromatic heterocycles. The average molecular weight is 256 g/mol. The molecule has 100 valence electrons. The molecule has 0 N–H and O–H groups in total. The molecule has 0 aliphatic carbocycles. The third-order valence-electron chi connectivity index (χ3n) is 3.90. The summed E-state index contributed by atoms with van der Waals surface area (Å²) >= 11 is 0. The Hall–Kier alpha value is -1.77. The van der Waals surface area contributed by atoms with Gasteiger partial charge in [0.15, 0.2) is 0 Å². The number of para-hydroxylation sites is 1. The number of aliphatic imine (C=N–C) groups is 1. The minimum Gasteiger partial charge on any atom is -0.461 e. The van der Waals surface area contributed by atoms with Crippen molar-refractivity contribution in [2.75, 3.05) is 19.6 Å². The highest BCUT2D eigenvalue weighted by atomic mass is 16.3. The van der Waals surface area contributed by atoms with Gasteiger partial charge in [0.05, 0.1) is 12.4 Å². The number of benzene rings is 1. The van der Waals surface area contributed by atoms with E-state index in [0.29, 0.717) is 5.92 Å². The van der Waals surface area contributed by atoms with Gasteiger partial charge in [-0.1, -0.05) is 18.2 Å². The van der Waals surface area contributed by atoms with Crippen molar-refractivity contribution in [2.24, 2.45) is 4.99 Å². The number of nitrogens with zero attached hydrogens (tertiary/aromatic N) is 2. The van der Waals surface area contributed by atoms with Crippen molar-refractivity contribution < 1.29 is 4.42 Å². The van der Waals surface area contributed by atoms with E-state index < -0.39 is 0 Å². The van der Waals surface area contributed by atoms with Crippen LogP contribution >= 0.6 is 0 Å². The van der Waals surface area contributed by atoms with Gasteiger partial charge in [-0.15, -0.1) is 0 Å². The molecule has 19 heavy (non-hydrogen) atoms. The van der Waals surface area contributed by atoms with E-state index in [1.807, 2.05) is 18.2 Å². The van der Waals surface area contributed by atoms with E-state index in [1.54, 1.807) is 0 Å². The van der Waals surface area contributed by atoms with E-state index in [0.717, 1.165) is 37.4 Å². The van der Waals surface area contributed by atoms with Crippen molar-refractivity contribution in [1.82, 2.24) is 4.90 Å². The van der Waals surface area contributed by atoms with Crippen molar-refractivity contribution in [1.29, 1.82) is 0 Å². The van der Waals surface area contributed by atoms with Crippen molar-refractivity contribution >= 4 is 16.8 Å². The molecule has 3 nitrogen and oxygen atoms in total. The van der Waals surface area contributed by atoms with E-state index in [1.165, 1.54) is 11.2 Å². The summed E-state index contributed by atoms with van der Waals surface area (Å²) in [5.41, 5.74) is 0.980. The second kappa shape index (κ2) is 5.08. The minimum atomic E-state index is 0.406. The van der Waals surface area contributed by atoms with E-state index in [9.17, 15) is 0 Å². The van der Waals surface area contributed by atoms with Crippen LogP contribution in [0.25, 0.3) is 11.0 Å². The standard InChI is InChI=1S/C16H20N2O/c1-3-18(4-2)16-10-13(11-17-16)15-9-12-7-5-6-8-14(12)19-15/h5-9,13H,3-4,10-11H2,1-2H3. The first-order valence-electron chi connectivity index (χ1n) is 7.08. The maximum Gasteiger partial charge on any atom is 0.134 e. The Morgan fingerprint density at radius 3 is 2.79 bits per heavy atom. The molecular formula is C16H20N2O. The Morgan fingerprint density at radius 1 is 1.26 bits per heavy atom. The molecule has 2 heterocycles. The van der Waals surface area contributed by atoms with Crippen LogP contribution in [0.15, 0.2) is 39.7 Å². The molecule has 0 amide bonds. The van der Waals surface area contributed by atoms with Crippen LogP contribution in [0.5, 0.6) is 0 Å². The Kier molecular flexibility index (Phi) is 3.28. The Balaban J connectivity index is 1.78. The lowest BCUT2D eigenvalue weighted by atomic mass is 10.0. The van der Waals surface area contributed by atoms with Gasteiger partial charge < -0.3 is 9.32 Å². The first kappa shape index (κ1) is 12.3. The topological polar surface area (TPSA) is 28.7 Å². The van der Waals surface area contributed by atoms with E-state index >= 15 is 0 Å². The van der Waals surface area contributed by atoms with Gasteiger partial charge in [0, 0.05) is 30.8 Å². The Bertz CT molecular complexity index is 563. The van der Waals surface area contributed by atoms with Crippen LogP contribution in [0.4, 0.5) is 0 Å². The quantitative estimate of drug-likeness (QED) is 0.838. The normalized spacial score (nSPS) is 18.8. The fraction of sp³-hybridized carbons (Fsp3) is 0.438. The smallest absolute Gasteiger partial charge is 0.134 e. The maximum atomic E-state index is 5.96. The summed E-state index contributed by atoms with van der Waals surface area (Å²) in [6.45, 7) is 7.27. The lowest BCUT2D eigenvalue weighted by molar-refractivity contribution is 0.452. The van der Waals surface area contributed by atoms with Gasteiger partial charge in [0.2, 0.25) is 0 Å². The van der Waals surface area contributed by atoms with Gasteiger partial charge in [0.1, 0.15) is 11.3 Å². The van der Waals surface area contributed by atoms with Crippen LogP contribution in [0.2, 0.25) is 0 Å². The fourth-order valence-corrected chi connectivity index (χ4v) is 2.78. The molecule has 0 saturated carbocycles. The molecule has 0 saturated heterocycles. The number of furan rings is 1. The number of hydrogen-bond donors (Lipinski definition) is 0. The molecule has 0 fully saturated rings. The predicted octanol–water partition coefficient (Wildman–Crippen LogP) is 3.66. The predicted molar refractivity (Wildman–Crippen MR) is 78.8 cm³/mol. The average Bonchev–Trinajstić information content (AvgIpc) is 3.06. The summed E-state index contributed by atoms with van der Waals surface area (Å²) in [4.78, 5) is 7.02. The van der Waals surface area contributed by atoms with Gasteiger partial charge in [-0.3, -0.25) is 4.99 Å². The molecule has 1 aliphatic heterocycles. The second-order valence-electron chi connectivity index (χ2n) is 5.02. The van der Waals surface area contributed by atoms with E-state index in [2.05, 4.69) is 35.9 Å². The first-order chi connectivity index (χ1) is 9.31. The van der Waals surface area contributed by atoms with Crippen LogP contribution < -0.4 is 0 Å². The summed E-state index contributed by atoms with van der Waals surface area (Å²) in [7, 11) is 0. The molecule has 0 bridgehead atoms. The zero-order valence-electron chi connectivity index (χ0n) is 11.6. The van der Waals surface area contributed by atoms with Crippen LogP contribution in [-0.4, -0.2) is 30.4 Å². The molecule has 0 spiro atoms. The van der Waals surface area contributed by atoms with Crippen molar-refractivity contribution in [2.45, 2.75) is 26.2 Å². The zero-order valence-corrected chi connectivity index (χ0v) is 11.6. The van der Waals surface area contributed by atoms with Gasteiger partial charge in [-0.2, -0.15) is 0 Å². The van der Waals surface area contributed by atoms with Crippen LogP contribution in [0.1, 0.15) is 31.9 Å².